The van der Waals surface area contributed by atoms with Crippen LogP contribution in [0.4, 0.5) is 5.69 Å². The number of benzene rings is 1. The summed E-state index contributed by atoms with van der Waals surface area (Å²) in [6.45, 7) is 2.46. The maximum Gasteiger partial charge on any atom is 0.139 e. The van der Waals surface area contributed by atoms with Crippen LogP contribution < -0.4 is 5.73 Å². The van der Waals surface area contributed by atoms with E-state index >= 15 is 0 Å². The van der Waals surface area contributed by atoms with Gasteiger partial charge in [-0.05, 0) is 38.0 Å². The Morgan fingerprint density at radius 2 is 2.24 bits per heavy atom. The van der Waals surface area contributed by atoms with Gasteiger partial charge in [-0.3, -0.25) is 0 Å². The Morgan fingerprint density at radius 3 is 2.76 bits per heavy atom. The highest BCUT2D eigenvalue weighted by Gasteiger charge is 2.33. The summed E-state index contributed by atoms with van der Waals surface area (Å²) in [6.07, 6.45) is 2.21. The van der Waals surface area contributed by atoms with Crippen LogP contribution in [0, 0.1) is 0 Å². The second-order valence-corrected chi connectivity index (χ2v) is 6.59. The summed E-state index contributed by atoms with van der Waals surface area (Å²) >= 11 is 0. The van der Waals surface area contributed by atoms with Crippen LogP contribution in [-0.4, -0.2) is 28.1 Å². The van der Waals surface area contributed by atoms with E-state index in [2.05, 4.69) is 4.36 Å². The molecule has 0 amide bonds. The second kappa shape index (κ2) is 4.66. The first-order valence-corrected chi connectivity index (χ1v) is 7.36. The van der Waals surface area contributed by atoms with E-state index in [-0.39, 0.29) is 0 Å². The van der Waals surface area contributed by atoms with Crippen LogP contribution in [0.3, 0.4) is 0 Å². The first-order valence-electron chi connectivity index (χ1n) is 5.89. The number of nitrogen functional groups attached to an aromatic ring is 1. The molecule has 0 aliphatic heterocycles. The smallest absolute Gasteiger partial charge is 0.139 e. The first kappa shape index (κ1) is 12.4. The van der Waals surface area contributed by atoms with E-state index in [9.17, 15) is 4.21 Å². The third-order valence-electron chi connectivity index (χ3n) is 2.92. The van der Waals surface area contributed by atoms with Gasteiger partial charge in [-0.1, -0.05) is 6.07 Å². The van der Waals surface area contributed by atoms with Crippen molar-refractivity contribution in [1.29, 1.82) is 0 Å². The van der Waals surface area contributed by atoms with Crippen molar-refractivity contribution in [1.82, 2.24) is 4.31 Å². The van der Waals surface area contributed by atoms with Crippen LogP contribution in [0.25, 0.3) is 0 Å². The summed E-state index contributed by atoms with van der Waals surface area (Å²) in [5, 5.41) is 0. The zero-order valence-corrected chi connectivity index (χ0v) is 11.1. The van der Waals surface area contributed by atoms with E-state index in [0.29, 0.717) is 23.2 Å². The fourth-order valence-corrected chi connectivity index (χ4v) is 4.00. The summed E-state index contributed by atoms with van der Waals surface area (Å²) in [5.41, 5.74) is 6.39. The molecule has 1 aliphatic carbocycles. The predicted octanol–water partition coefficient (Wildman–Crippen LogP) is 2.12. The Kier molecular flexibility index (Phi) is 3.40. The first-order chi connectivity index (χ1) is 8.08. The van der Waals surface area contributed by atoms with E-state index in [1.165, 1.54) is 0 Å². The van der Waals surface area contributed by atoms with Crippen LogP contribution in [-0.2, 0) is 9.92 Å². The van der Waals surface area contributed by atoms with Gasteiger partial charge in [-0.15, -0.1) is 0 Å². The molecule has 17 heavy (non-hydrogen) atoms. The Bertz CT molecular complexity index is 516. The largest absolute Gasteiger partial charge is 0.399 e. The van der Waals surface area contributed by atoms with Crippen LogP contribution in [0.1, 0.15) is 19.8 Å². The molecule has 1 unspecified atom stereocenters. The van der Waals surface area contributed by atoms with E-state index in [1.807, 2.05) is 30.4 Å². The molecule has 1 saturated carbocycles. The van der Waals surface area contributed by atoms with Crippen molar-refractivity contribution in [3.8, 4) is 0 Å². The molecule has 1 aliphatic rings. The zero-order chi connectivity index (χ0) is 12.5. The molecular weight excluding hydrogens is 234 g/mol. The number of nitrogens with zero attached hydrogens (tertiary/aromatic N) is 2. The lowest BCUT2D eigenvalue weighted by molar-refractivity contribution is 0.506. The van der Waals surface area contributed by atoms with Gasteiger partial charge in [0.15, 0.2) is 0 Å². The van der Waals surface area contributed by atoms with Gasteiger partial charge in [0.2, 0.25) is 0 Å². The average molecular weight is 253 g/mol. The molecule has 4 nitrogen and oxygen atoms in total. The van der Waals surface area contributed by atoms with Crippen molar-refractivity contribution in [2.45, 2.75) is 30.7 Å². The molecule has 1 aromatic carbocycles. The van der Waals surface area contributed by atoms with Crippen molar-refractivity contribution in [3.05, 3.63) is 24.3 Å². The number of hydrogen-bond acceptors (Lipinski definition) is 3. The normalized spacial score (nSPS) is 19.0. The molecule has 0 radical (unpaired) electrons. The summed E-state index contributed by atoms with van der Waals surface area (Å²) < 4.78 is 19.3. The quantitative estimate of drug-likeness (QED) is 0.836. The molecule has 2 rings (SSSR count). The average Bonchev–Trinajstić information content (AvgIpc) is 3.12. The van der Waals surface area contributed by atoms with Crippen LogP contribution in [0.15, 0.2) is 33.5 Å². The van der Waals surface area contributed by atoms with E-state index in [1.54, 1.807) is 12.1 Å². The van der Waals surface area contributed by atoms with Crippen molar-refractivity contribution in [2.75, 3.05) is 19.3 Å². The summed E-state index contributed by atoms with van der Waals surface area (Å²) in [6, 6.07) is 7.64. The minimum Gasteiger partial charge on any atom is -0.399 e. The monoisotopic (exact) mass is 253 g/mol. The SMILES string of the molecule is CCN=S(=O)(c1cccc(N)c1)N(C)C1CC1. The number of anilines is 1. The van der Waals surface area contributed by atoms with E-state index in [4.69, 9.17) is 5.73 Å². The minimum absolute atomic E-state index is 0.402. The van der Waals surface area contributed by atoms with Crippen molar-refractivity contribution in [3.63, 3.8) is 0 Å². The molecule has 0 bridgehead atoms. The standard InChI is InChI=1S/C12H19N3OS/c1-3-14-17(16,15(2)11-7-8-11)12-6-4-5-10(13)9-12/h4-6,9,11H,3,7-8,13H2,1-2H3. The van der Waals surface area contributed by atoms with Crippen LogP contribution in [0.5, 0.6) is 0 Å². The molecule has 5 heteroatoms. The van der Waals surface area contributed by atoms with Crippen LogP contribution >= 0.6 is 0 Å². The molecule has 1 atom stereocenters. The molecule has 0 heterocycles. The van der Waals surface area contributed by atoms with Gasteiger partial charge in [-0.25, -0.2) is 12.9 Å². The lowest BCUT2D eigenvalue weighted by atomic mass is 10.3. The molecule has 0 spiro atoms. The second-order valence-electron chi connectivity index (χ2n) is 4.29. The van der Waals surface area contributed by atoms with Crippen molar-refractivity contribution in [2.24, 2.45) is 4.36 Å². The lowest BCUT2D eigenvalue weighted by Crippen LogP contribution is -2.29. The maximum atomic E-state index is 13.0. The summed E-state index contributed by atoms with van der Waals surface area (Å²) in [4.78, 5) is 0.716. The van der Waals surface area contributed by atoms with Gasteiger partial charge < -0.3 is 5.73 Å². The van der Waals surface area contributed by atoms with Crippen molar-refractivity contribution >= 4 is 15.6 Å². The number of rotatable bonds is 4. The number of hydrogen-bond donors (Lipinski definition) is 1. The molecule has 0 saturated heterocycles. The maximum absolute atomic E-state index is 13.0. The molecule has 0 aromatic heterocycles. The van der Waals surface area contributed by atoms with Gasteiger partial charge >= 0.3 is 0 Å². The predicted molar refractivity (Wildman–Crippen MR) is 71.0 cm³/mol. The van der Waals surface area contributed by atoms with Gasteiger partial charge in [0.05, 0.1) is 4.90 Å². The van der Waals surface area contributed by atoms with Gasteiger partial charge in [-0.2, -0.15) is 0 Å². The van der Waals surface area contributed by atoms with Gasteiger partial charge in [0.1, 0.15) is 9.92 Å². The summed E-state index contributed by atoms with van der Waals surface area (Å²) in [7, 11) is -0.586. The molecule has 94 valence electrons. The third-order valence-corrected chi connectivity index (χ3v) is 5.48. The Hall–Kier alpha value is -1.07. The fraction of sp³-hybridized carbons (Fsp3) is 0.500. The number of nitrogens with two attached hydrogens (primary N) is 1. The Balaban J connectivity index is 2.48. The summed E-state index contributed by atoms with van der Waals surface area (Å²) in [5.74, 6) is 0. The van der Waals surface area contributed by atoms with Crippen LogP contribution in [0.2, 0.25) is 0 Å². The molecule has 1 fully saturated rings. The Morgan fingerprint density at radius 1 is 1.53 bits per heavy atom. The lowest BCUT2D eigenvalue weighted by Gasteiger charge is -2.21. The van der Waals surface area contributed by atoms with E-state index in [0.717, 1.165) is 12.8 Å². The zero-order valence-electron chi connectivity index (χ0n) is 10.3. The molecular formula is C12H19N3OS. The van der Waals surface area contributed by atoms with Crippen molar-refractivity contribution < 1.29 is 4.21 Å². The topological polar surface area (TPSA) is 58.7 Å². The van der Waals surface area contributed by atoms with Gasteiger partial charge in [0.25, 0.3) is 0 Å². The highest BCUT2D eigenvalue weighted by Crippen LogP contribution is 2.32. The Labute approximate surface area is 103 Å². The molecule has 2 N–H and O–H groups in total. The highest BCUT2D eigenvalue weighted by atomic mass is 32.2. The minimum atomic E-state index is -2.48. The van der Waals surface area contributed by atoms with E-state index < -0.39 is 9.92 Å². The molecule has 1 aromatic rings. The fourth-order valence-electron chi connectivity index (χ4n) is 1.83. The third kappa shape index (κ3) is 2.45. The highest BCUT2D eigenvalue weighted by molar-refractivity contribution is 7.91. The van der Waals surface area contributed by atoms with Gasteiger partial charge in [0, 0.05) is 25.3 Å².